The average molecular weight is 408 g/mol. The van der Waals surface area contributed by atoms with Crippen LogP contribution in [0.1, 0.15) is 29.3 Å². The van der Waals surface area contributed by atoms with Gasteiger partial charge in [0, 0.05) is 30.8 Å². The van der Waals surface area contributed by atoms with Crippen molar-refractivity contribution < 1.29 is 23.5 Å². The molecule has 0 aliphatic rings. The summed E-state index contributed by atoms with van der Waals surface area (Å²) in [5.41, 5.74) is 1.41. The monoisotopic (exact) mass is 408 g/mol. The Bertz CT molecular complexity index is 1000. The molecule has 0 aliphatic carbocycles. The van der Waals surface area contributed by atoms with Gasteiger partial charge in [-0.3, -0.25) is 9.59 Å². The van der Waals surface area contributed by atoms with E-state index in [4.69, 9.17) is 9.47 Å². The largest absolute Gasteiger partial charge is 0.484 e. The molecule has 1 aromatic heterocycles. The highest BCUT2D eigenvalue weighted by Crippen LogP contribution is 2.20. The number of hydrogen-bond donors (Lipinski definition) is 1. The van der Waals surface area contributed by atoms with Crippen molar-refractivity contribution in [2.75, 3.05) is 6.61 Å². The third-order valence-corrected chi connectivity index (χ3v) is 4.19. The van der Waals surface area contributed by atoms with E-state index in [1.165, 1.54) is 24.3 Å². The molecular weight excluding hydrogens is 387 g/mol. The molecule has 0 aliphatic heterocycles. The zero-order valence-electron chi connectivity index (χ0n) is 16.4. The van der Waals surface area contributed by atoms with Gasteiger partial charge in [-0.25, -0.2) is 9.37 Å². The summed E-state index contributed by atoms with van der Waals surface area (Å²) in [4.78, 5) is 27.8. The summed E-state index contributed by atoms with van der Waals surface area (Å²) in [6.45, 7) is 1.93. The fourth-order valence-corrected chi connectivity index (χ4v) is 2.58. The number of benzene rings is 2. The number of ether oxygens (including phenoxy) is 2. The van der Waals surface area contributed by atoms with Crippen LogP contribution < -0.4 is 14.8 Å². The van der Waals surface area contributed by atoms with Crippen LogP contribution in [0, 0.1) is 5.82 Å². The van der Waals surface area contributed by atoms with Crippen molar-refractivity contribution in [3.05, 3.63) is 83.8 Å². The summed E-state index contributed by atoms with van der Waals surface area (Å²) in [6, 6.07) is 15.7. The van der Waals surface area contributed by atoms with Crippen molar-refractivity contribution in [2.45, 2.75) is 19.9 Å². The van der Waals surface area contributed by atoms with Crippen molar-refractivity contribution in [3.8, 4) is 17.4 Å². The minimum Gasteiger partial charge on any atom is -0.484 e. The number of nitrogens with one attached hydrogen (secondary N) is 1. The Hall–Kier alpha value is -3.74. The maximum Gasteiger partial charge on any atom is 0.258 e. The van der Waals surface area contributed by atoms with Gasteiger partial charge in [-0.2, -0.15) is 0 Å². The number of rotatable bonds is 9. The van der Waals surface area contributed by atoms with Crippen LogP contribution >= 0.6 is 0 Å². The summed E-state index contributed by atoms with van der Waals surface area (Å²) in [7, 11) is 0. The molecule has 0 saturated carbocycles. The van der Waals surface area contributed by atoms with Crippen LogP contribution in [0.25, 0.3) is 0 Å². The lowest BCUT2D eigenvalue weighted by molar-refractivity contribution is -0.123. The maximum absolute atomic E-state index is 13.0. The predicted octanol–water partition coefficient (Wildman–Crippen LogP) is 4.30. The highest BCUT2D eigenvalue weighted by Gasteiger charge is 2.07. The number of hydrogen-bond acceptors (Lipinski definition) is 5. The molecule has 0 unspecified atom stereocenters. The van der Waals surface area contributed by atoms with Crippen LogP contribution in [0.15, 0.2) is 66.9 Å². The van der Waals surface area contributed by atoms with Crippen LogP contribution in [0.2, 0.25) is 0 Å². The predicted molar refractivity (Wildman–Crippen MR) is 109 cm³/mol. The van der Waals surface area contributed by atoms with Gasteiger partial charge in [0.25, 0.3) is 5.91 Å². The first-order chi connectivity index (χ1) is 14.5. The molecule has 0 saturated heterocycles. The Labute approximate surface area is 173 Å². The van der Waals surface area contributed by atoms with Crippen LogP contribution in [-0.2, 0) is 11.3 Å². The summed E-state index contributed by atoms with van der Waals surface area (Å²) in [6.07, 6.45) is 2.00. The molecule has 1 amide bonds. The molecule has 0 spiro atoms. The molecule has 3 rings (SSSR count). The number of ketones is 1. The van der Waals surface area contributed by atoms with Gasteiger partial charge >= 0.3 is 0 Å². The van der Waals surface area contributed by atoms with Crippen LogP contribution in [0.5, 0.6) is 17.4 Å². The minimum absolute atomic E-state index is 0.0550. The Balaban J connectivity index is 1.47. The van der Waals surface area contributed by atoms with Crippen molar-refractivity contribution >= 4 is 11.7 Å². The molecule has 0 radical (unpaired) electrons. The number of pyridine rings is 1. The van der Waals surface area contributed by atoms with Gasteiger partial charge in [0.15, 0.2) is 12.4 Å². The topological polar surface area (TPSA) is 77.5 Å². The van der Waals surface area contributed by atoms with Gasteiger partial charge in [-0.15, -0.1) is 0 Å². The maximum atomic E-state index is 13.0. The Morgan fingerprint density at radius 1 is 1.00 bits per heavy atom. The number of amides is 1. The average Bonchev–Trinajstić information content (AvgIpc) is 2.78. The normalized spacial score (nSPS) is 10.3. The van der Waals surface area contributed by atoms with E-state index in [9.17, 15) is 14.0 Å². The third-order valence-electron chi connectivity index (χ3n) is 4.19. The second kappa shape index (κ2) is 10.2. The van der Waals surface area contributed by atoms with Gasteiger partial charge in [0.1, 0.15) is 17.3 Å². The molecule has 0 fully saturated rings. The van der Waals surface area contributed by atoms with Gasteiger partial charge in [0.2, 0.25) is 5.88 Å². The fourth-order valence-electron chi connectivity index (χ4n) is 2.58. The molecule has 1 heterocycles. The lowest BCUT2D eigenvalue weighted by atomic mass is 10.1. The number of aromatic nitrogens is 1. The lowest BCUT2D eigenvalue weighted by Crippen LogP contribution is -2.28. The summed E-state index contributed by atoms with van der Waals surface area (Å²) < 4.78 is 24.0. The molecule has 3 aromatic rings. The third kappa shape index (κ3) is 6.13. The van der Waals surface area contributed by atoms with E-state index >= 15 is 0 Å². The van der Waals surface area contributed by atoms with E-state index in [0.717, 1.165) is 5.56 Å². The number of nitrogens with zero attached hydrogens (tertiary/aromatic N) is 1. The summed E-state index contributed by atoms with van der Waals surface area (Å²) in [5, 5.41) is 2.76. The smallest absolute Gasteiger partial charge is 0.258 e. The molecule has 154 valence electrons. The first-order valence-electron chi connectivity index (χ1n) is 9.44. The zero-order chi connectivity index (χ0) is 21.3. The van der Waals surface area contributed by atoms with Crippen molar-refractivity contribution in [1.29, 1.82) is 0 Å². The summed E-state index contributed by atoms with van der Waals surface area (Å²) >= 11 is 0. The van der Waals surface area contributed by atoms with E-state index < -0.39 is 0 Å². The van der Waals surface area contributed by atoms with Gasteiger partial charge < -0.3 is 14.8 Å². The highest BCUT2D eigenvalue weighted by molar-refractivity contribution is 5.95. The van der Waals surface area contributed by atoms with E-state index in [-0.39, 0.29) is 30.7 Å². The number of carbonyl (C=O) groups is 2. The molecule has 1 N–H and O–H groups in total. The molecule has 0 atom stereocenters. The SMILES string of the molecule is CCC(=O)c1ccc(OCC(=O)NCc2ccnc(Oc3ccc(F)cc3)c2)cc1. The zero-order valence-corrected chi connectivity index (χ0v) is 16.4. The Morgan fingerprint density at radius 2 is 1.70 bits per heavy atom. The van der Waals surface area contributed by atoms with E-state index in [0.29, 0.717) is 29.4 Å². The van der Waals surface area contributed by atoms with Crippen molar-refractivity contribution in [1.82, 2.24) is 10.3 Å². The second-order valence-electron chi connectivity index (χ2n) is 6.42. The van der Waals surface area contributed by atoms with E-state index in [2.05, 4.69) is 10.3 Å². The number of halogens is 1. The molecule has 7 heteroatoms. The van der Waals surface area contributed by atoms with Gasteiger partial charge in [-0.05, 0) is 60.2 Å². The van der Waals surface area contributed by atoms with Crippen LogP contribution in [0.4, 0.5) is 4.39 Å². The molecule has 0 bridgehead atoms. The quantitative estimate of drug-likeness (QED) is 0.534. The second-order valence-corrected chi connectivity index (χ2v) is 6.42. The number of Topliss-reactive ketones (excluding diaryl/α,β-unsaturated/α-hetero) is 1. The minimum atomic E-state index is -0.348. The number of carbonyl (C=O) groups excluding carboxylic acids is 2. The summed E-state index contributed by atoms with van der Waals surface area (Å²) in [5.74, 6) is 0.730. The van der Waals surface area contributed by atoms with Crippen LogP contribution in [-0.4, -0.2) is 23.3 Å². The lowest BCUT2D eigenvalue weighted by Gasteiger charge is -2.09. The van der Waals surface area contributed by atoms with E-state index in [1.54, 1.807) is 49.5 Å². The van der Waals surface area contributed by atoms with Crippen LogP contribution in [0.3, 0.4) is 0 Å². The van der Waals surface area contributed by atoms with E-state index in [1.807, 2.05) is 0 Å². The van der Waals surface area contributed by atoms with Crippen molar-refractivity contribution in [3.63, 3.8) is 0 Å². The van der Waals surface area contributed by atoms with Gasteiger partial charge in [-0.1, -0.05) is 6.92 Å². The van der Waals surface area contributed by atoms with Crippen molar-refractivity contribution in [2.24, 2.45) is 0 Å². The van der Waals surface area contributed by atoms with Gasteiger partial charge in [0.05, 0.1) is 0 Å². The Kier molecular flexibility index (Phi) is 7.10. The standard InChI is InChI=1S/C23H21FN2O4/c1-2-21(27)17-3-7-19(8-4-17)29-15-22(28)26-14-16-11-12-25-23(13-16)30-20-9-5-18(24)6-10-20/h3-13H,2,14-15H2,1H3,(H,26,28). The highest BCUT2D eigenvalue weighted by atomic mass is 19.1. The molecule has 2 aromatic carbocycles. The molecule has 6 nitrogen and oxygen atoms in total. The first kappa shape index (κ1) is 21.0. The molecular formula is C23H21FN2O4. The Morgan fingerprint density at radius 3 is 2.40 bits per heavy atom. The first-order valence-corrected chi connectivity index (χ1v) is 9.44. The molecule has 30 heavy (non-hydrogen) atoms. The fraction of sp³-hybridized carbons (Fsp3) is 0.174.